The van der Waals surface area contributed by atoms with Crippen LogP contribution in [0.1, 0.15) is 220 Å². The van der Waals surface area contributed by atoms with Gasteiger partial charge >= 0.3 is 17.9 Å². The molecule has 0 fully saturated rings. The predicted octanol–water partition coefficient (Wildman–Crippen LogP) is 14.4. The molecule has 0 bridgehead atoms. The molecule has 0 heterocycles. The van der Waals surface area contributed by atoms with Crippen LogP contribution >= 0.6 is 0 Å². The van der Waals surface area contributed by atoms with E-state index >= 15 is 0 Å². The Bertz CT molecular complexity index is 964. The van der Waals surface area contributed by atoms with E-state index in [1.807, 2.05) is 6.08 Å². The molecule has 0 aliphatic heterocycles. The summed E-state index contributed by atoms with van der Waals surface area (Å²) in [5, 5.41) is 0. The molecule has 0 rings (SSSR count). The molecule has 0 aromatic heterocycles. The van der Waals surface area contributed by atoms with Crippen molar-refractivity contribution < 1.29 is 28.6 Å². The minimum Gasteiger partial charge on any atom is -0.462 e. The van der Waals surface area contributed by atoms with Gasteiger partial charge in [0.05, 0.1) is 0 Å². The number of carbonyl (C=O) groups is 3. The van der Waals surface area contributed by atoms with Gasteiger partial charge in [-0.2, -0.15) is 0 Å². The van der Waals surface area contributed by atoms with E-state index in [9.17, 15) is 14.4 Å². The quantitative estimate of drug-likeness (QED) is 0.0268. The van der Waals surface area contributed by atoms with Gasteiger partial charge in [-0.05, 0) is 64.2 Å². The summed E-state index contributed by atoms with van der Waals surface area (Å²) in [4.78, 5) is 37.6. The molecule has 0 aliphatic carbocycles. The highest BCUT2D eigenvalue weighted by Gasteiger charge is 2.19. The summed E-state index contributed by atoms with van der Waals surface area (Å²) >= 11 is 0. The second-order valence-electron chi connectivity index (χ2n) is 14.9. The fraction of sp³-hybridized carbons (Fsp3) is 0.771. The van der Waals surface area contributed by atoms with E-state index in [1.165, 1.54) is 109 Å². The summed E-state index contributed by atoms with van der Waals surface area (Å²) in [5.74, 6) is -1.01. The molecule has 0 spiro atoms. The minimum absolute atomic E-state index is 0.104. The van der Waals surface area contributed by atoms with Crippen molar-refractivity contribution in [3.8, 4) is 0 Å². The maximum absolute atomic E-state index is 12.7. The molecule has 312 valence electrons. The first-order valence-electron chi connectivity index (χ1n) is 22.6. The summed E-state index contributed by atoms with van der Waals surface area (Å²) in [6, 6.07) is 0. The minimum atomic E-state index is -0.810. The third kappa shape index (κ3) is 40.6. The van der Waals surface area contributed by atoms with Gasteiger partial charge in [0.1, 0.15) is 13.2 Å². The number of hydrogen-bond acceptors (Lipinski definition) is 6. The Morgan fingerprint density at radius 1 is 0.389 bits per heavy atom. The molecule has 54 heavy (non-hydrogen) atoms. The maximum atomic E-state index is 12.7. The normalized spacial score (nSPS) is 12.4. The van der Waals surface area contributed by atoms with Crippen molar-refractivity contribution in [3.63, 3.8) is 0 Å². The average Bonchev–Trinajstić information content (AvgIpc) is 3.17. The van der Waals surface area contributed by atoms with E-state index < -0.39 is 6.10 Å². The topological polar surface area (TPSA) is 78.9 Å². The van der Waals surface area contributed by atoms with Crippen LogP contribution in [0.25, 0.3) is 0 Å². The summed E-state index contributed by atoms with van der Waals surface area (Å²) in [6.45, 7) is 6.41. The SMILES string of the molecule is CC/C=C\C/C=C\CCCCC(=O)OCC(COC(=O)CCCCCCCCCCCCCCCC)OC(=O)CC/C=C\C/C=C\CCCCCCCC. The summed E-state index contributed by atoms with van der Waals surface area (Å²) in [7, 11) is 0. The zero-order chi connectivity index (χ0) is 39.4. The number of allylic oxidation sites excluding steroid dienone is 8. The monoisotopic (exact) mass is 757 g/mol. The Kier molecular flexibility index (Phi) is 41.0. The van der Waals surface area contributed by atoms with E-state index in [2.05, 4.69) is 63.3 Å². The lowest BCUT2D eigenvalue weighted by Gasteiger charge is -2.18. The Hall–Kier alpha value is -2.63. The van der Waals surface area contributed by atoms with Gasteiger partial charge in [-0.3, -0.25) is 14.4 Å². The van der Waals surface area contributed by atoms with Gasteiger partial charge in [0.15, 0.2) is 6.10 Å². The first-order valence-corrected chi connectivity index (χ1v) is 22.6. The third-order valence-electron chi connectivity index (χ3n) is 9.58. The van der Waals surface area contributed by atoms with Gasteiger partial charge in [-0.1, -0.05) is 185 Å². The number of unbranched alkanes of at least 4 members (excludes halogenated alkanes) is 21. The zero-order valence-corrected chi connectivity index (χ0v) is 35.5. The zero-order valence-electron chi connectivity index (χ0n) is 35.5. The fourth-order valence-electron chi connectivity index (χ4n) is 6.18. The van der Waals surface area contributed by atoms with Crippen molar-refractivity contribution in [2.24, 2.45) is 0 Å². The van der Waals surface area contributed by atoms with Crippen molar-refractivity contribution in [1.82, 2.24) is 0 Å². The van der Waals surface area contributed by atoms with Gasteiger partial charge in [0.25, 0.3) is 0 Å². The summed E-state index contributed by atoms with van der Waals surface area (Å²) in [5.41, 5.74) is 0. The number of ether oxygens (including phenoxy) is 3. The van der Waals surface area contributed by atoms with Crippen LogP contribution < -0.4 is 0 Å². The Labute approximate surface area is 333 Å². The van der Waals surface area contributed by atoms with Crippen LogP contribution in [0, 0.1) is 0 Å². The molecule has 0 saturated heterocycles. The van der Waals surface area contributed by atoms with Crippen LogP contribution in [0.5, 0.6) is 0 Å². The molecule has 0 aromatic carbocycles. The van der Waals surface area contributed by atoms with Crippen molar-refractivity contribution in [1.29, 1.82) is 0 Å². The Balaban J connectivity index is 4.44. The molecule has 1 unspecified atom stereocenters. The van der Waals surface area contributed by atoms with Crippen molar-refractivity contribution in [2.45, 2.75) is 226 Å². The number of rotatable bonds is 40. The first kappa shape index (κ1) is 51.4. The number of carbonyl (C=O) groups excluding carboxylic acids is 3. The molecule has 6 heteroatoms. The van der Waals surface area contributed by atoms with Crippen molar-refractivity contribution >= 4 is 17.9 Å². The van der Waals surface area contributed by atoms with Gasteiger partial charge in [-0.25, -0.2) is 0 Å². The third-order valence-corrected chi connectivity index (χ3v) is 9.58. The molecular formula is C48H84O6. The largest absolute Gasteiger partial charge is 0.462 e. The summed E-state index contributed by atoms with van der Waals surface area (Å²) in [6.07, 6.45) is 49.8. The van der Waals surface area contributed by atoms with E-state index in [-0.39, 0.29) is 37.5 Å². The standard InChI is InChI=1S/C48H84O6/c1-4-7-10-13-16-19-21-23-25-26-29-32-35-38-41-47(50)53-44-45(43-52-46(49)40-37-34-31-28-18-15-12-9-6-3)54-48(51)42-39-36-33-30-27-24-22-20-17-14-11-8-5-2/h9,12,18,24,27-28,33,36,45H,4-8,10-11,13-17,19-23,25-26,29-32,34-35,37-44H2,1-3H3/b12-9-,27-24-,28-18-,36-33-. The fourth-order valence-corrected chi connectivity index (χ4v) is 6.18. The second kappa shape index (κ2) is 43.1. The smallest absolute Gasteiger partial charge is 0.306 e. The van der Waals surface area contributed by atoms with Crippen molar-refractivity contribution in [3.05, 3.63) is 48.6 Å². The Morgan fingerprint density at radius 2 is 0.759 bits per heavy atom. The van der Waals surface area contributed by atoms with Crippen molar-refractivity contribution in [2.75, 3.05) is 13.2 Å². The predicted molar refractivity (Wildman–Crippen MR) is 229 cm³/mol. The van der Waals surface area contributed by atoms with Crippen LogP contribution in [-0.2, 0) is 28.6 Å². The highest BCUT2D eigenvalue weighted by molar-refractivity contribution is 5.71. The van der Waals surface area contributed by atoms with E-state index in [0.29, 0.717) is 19.3 Å². The van der Waals surface area contributed by atoms with Gasteiger partial charge < -0.3 is 14.2 Å². The molecule has 1 atom stereocenters. The second-order valence-corrected chi connectivity index (χ2v) is 14.9. The molecule has 0 aromatic rings. The number of hydrogen-bond donors (Lipinski definition) is 0. The van der Waals surface area contributed by atoms with E-state index in [1.54, 1.807) is 0 Å². The lowest BCUT2D eigenvalue weighted by molar-refractivity contribution is -0.166. The van der Waals surface area contributed by atoms with Crippen LogP contribution in [0.15, 0.2) is 48.6 Å². The highest BCUT2D eigenvalue weighted by atomic mass is 16.6. The first-order chi connectivity index (χ1) is 26.5. The molecule has 0 radical (unpaired) electrons. The number of esters is 3. The highest BCUT2D eigenvalue weighted by Crippen LogP contribution is 2.14. The van der Waals surface area contributed by atoms with Gasteiger partial charge in [0.2, 0.25) is 0 Å². The van der Waals surface area contributed by atoms with E-state index in [0.717, 1.165) is 64.2 Å². The van der Waals surface area contributed by atoms with Crippen LogP contribution in [0.2, 0.25) is 0 Å². The van der Waals surface area contributed by atoms with Crippen LogP contribution in [0.4, 0.5) is 0 Å². The van der Waals surface area contributed by atoms with Gasteiger partial charge in [0, 0.05) is 19.3 Å². The molecule has 0 amide bonds. The van der Waals surface area contributed by atoms with Crippen LogP contribution in [0.3, 0.4) is 0 Å². The lowest BCUT2D eigenvalue weighted by Crippen LogP contribution is -2.30. The van der Waals surface area contributed by atoms with Crippen LogP contribution in [-0.4, -0.2) is 37.2 Å². The average molecular weight is 757 g/mol. The lowest BCUT2D eigenvalue weighted by atomic mass is 10.0. The summed E-state index contributed by atoms with van der Waals surface area (Å²) < 4.78 is 16.6. The molecule has 0 saturated carbocycles. The molecule has 0 N–H and O–H groups in total. The molecule has 6 nitrogen and oxygen atoms in total. The maximum Gasteiger partial charge on any atom is 0.306 e. The Morgan fingerprint density at radius 3 is 1.22 bits per heavy atom. The molecule has 0 aliphatic rings. The van der Waals surface area contributed by atoms with Gasteiger partial charge in [-0.15, -0.1) is 0 Å². The van der Waals surface area contributed by atoms with E-state index in [4.69, 9.17) is 14.2 Å². The molecular weight excluding hydrogens is 673 g/mol.